The molecule has 6 aromatic rings. The molecule has 0 aliphatic carbocycles. The summed E-state index contributed by atoms with van der Waals surface area (Å²) in [5.74, 6) is 0.766. The normalized spacial score (nSPS) is 12.3. The average molecular weight is 607 g/mol. The van der Waals surface area contributed by atoms with Crippen LogP contribution in [0.25, 0.3) is 44.8 Å². The lowest BCUT2D eigenvalue weighted by Crippen LogP contribution is -2.17. The number of oxazole rings is 1. The highest BCUT2D eigenvalue weighted by Gasteiger charge is 2.25. The summed E-state index contributed by atoms with van der Waals surface area (Å²) in [4.78, 5) is 9.88. The van der Waals surface area contributed by atoms with E-state index in [-0.39, 0.29) is 16.6 Å². The Morgan fingerprint density at radius 3 is 2.07 bits per heavy atom. The van der Waals surface area contributed by atoms with Crippen molar-refractivity contribution >= 4 is 23.0 Å². The molecule has 232 valence electrons. The highest BCUT2D eigenvalue weighted by atomic mass is 16.3. The standard InChI is InChI=1S/C42H42N2O2/c1-26-16-17-27(2)34(22-26)29-20-18-28(19-21-29)32-13-11-15-37-38(32)44-40(46-37)33-12-9-10-14-36(33)43-25-30-23-31(41(3,4)5)24-35(39(30)45)42(6,7)8/h9-25,45H,1-8H3. The Balaban J connectivity index is 1.38. The van der Waals surface area contributed by atoms with Gasteiger partial charge in [-0.2, -0.15) is 0 Å². The van der Waals surface area contributed by atoms with Gasteiger partial charge >= 0.3 is 0 Å². The zero-order valence-corrected chi connectivity index (χ0v) is 28.1. The Morgan fingerprint density at radius 1 is 0.696 bits per heavy atom. The predicted octanol–water partition coefficient (Wildman–Crippen LogP) is 11.5. The number of para-hydroxylation sites is 2. The van der Waals surface area contributed by atoms with Crippen LogP contribution in [0.1, 0.15) is 69.4 Å². The van der Waals surface area contributed by atoms with E-state index in [1.165, 1.54) is 22.3 Å². The third-order valence-corrected chi connectivity index (χ3v) is 8.61. The number of rotatable bonds is 5. The second-order valence-electron chi connectivity index (χ2n) is 14.3. The van der Waals surface area contributed by atoms with Gasteiger partial charge < -0.3 is 9.52 Å². The summed E-state index contributed by atoms with van der Waals surface area (Å²) < 4.78 is 6.35. The number of benzene rings is 5. The molecule has 4 nitrogen and oxygen atoms in total. The van der Waals surface area contributed by atoms with Crippen molar-refractivity contribution in [3.05, 3.63) is 125 Å². The molecule has 0 amide bonds. The third kappa shape index (κ3) is 6.12. The van der Waals surface area contributed by atoms with Gasteiger partial charge in [-0.1, -0.05) is 120 Å². The molecule has 6 rings (SSSR count). The Kier molecular flexibility index (Phi) is 7.93. The van der Waals surface area contributed by atoms with E-state index in [9.17, 15) is 5.11 Å². The number of aromatic hydroxyl groups is 1. The van der Waals surface area contributed by atoms with Gasteiger partial charge in [-0.15, -0.1) is 0 Å². The number of hydrogen-bond acceptors (Lipinski definition) is 4. The summed E-state index contributed by atoms with van der Waals surface area (Å²) in [5, 5.41) is 11.3. The number of aliphatic imine (C=N–C) groups is 1. The number of aryl methyl sites for hydroxylation is 2. The Hall–Kier alpha value is -4.96. The lowest BCUT2D eigenvalue weighted by Gasteiger charge is -2.27. The molecule has 0 atom stereocenters. The quantitative estimate of drug-likeness (QED) is 0.199. The van der Waals surface area contributed by atoms with Crippen molar-refractivity contribution < 1.29 is 9.52 Å². The minimum absolute atomic E-state index is 0.0794. The summed E-state index contributed by atoms with van der Waals surface area (Å²) in [7, 11) is 0. The lowest BCUT2D eigenvalue weighted by molar-refractivity contribution is 0.444. The zero-order valence-electron chi connectivity index (χ0n) is 28.1. The van der Waals surface area contributed by atoms with Crippen LogP contribution in [0.4, 0.5) is 5.69 Å². The summed E-state index contributed by atoms with van der Waals surface area (Å²) in [6.07, 6.45) is 1.75. The maximum atomic E-state index is 11.3. The number of fused-ring (bicyclic) bond motifs is 1. The SMILES string of the molecule is Cc1ccc(C)c(-c2ccc(-c3cccc4oc(-c5ccccc5N=Cc5cc(C(C)(C)C)cc(C(C)(C)C)c5O)nc34)cc2)c1. The highest BCUT2D eigenvalue weighted by molar-refractivity contribution is 5.94. The first-order chi connectivity index (χ1) is 21.8. The van der Waals surface area contributed by atoms with Gasteiger partial charge in [0.15, 0.2) is 5.58 Å². The van der Waals surface area contributed by atoms with Gasteiger partial charge in [-0.3, -0.25) is 4.99 Å². The van der Waals surface area contributed by atoms with Crippen LogP contribution >= 0.6 is 0 Å². The van der Waals surface area contributed by atoms with E-state index in [0.29, 0.717) is 17.1 Å². The monoisotopic (exact) mass is 606 g/mol. The number of phenols is 1. The molecule has 1 N–H and O–H groups in total. The molecule has 0 saturated heterocycles. The summed E-state index contributed by atoms with van der Waals surface area (Å²) >= 11 is 0. The van der Waals surface area contributed by atoms with Crippen molar-refractivity contribution in [3.8, 4) is 39.5 Å². The Morgan fingerprint density at radius 2 is 1.37 bits per heavy atom. The van der Waals surface area contributed by atoms with Crippen LogP contribution in [0.2, 0.25) is 0 Å². The summed E-state index contributed by atoms with van der Waals surface area (Å²) in [5.41, 5.74) is 12.5. The summed E-state index contributed by atoms with van der Waals surface area (Å²) in [6, 6.07) is 33.3. The minimum atomic E-state index is -0.221. The van der Waals surface area contributed by atoms with Crippen molar-refractivity contribution in [2.45, 2.75) is 66.2 Å². The van der Waals surface area contributed by atoms with E-state index in [1.54, 1.807) is 6.21 Å². The molecule has 0 aliphatic heterocycles. The van der Waals surface area contributed by atoms with Crippen LogP contribution < -0.4 is 0 Å². The van der Waals surface area contributed by atoms with E-state index in [4.69, 9.17) is 14.4 Å². The van der Waals surface area contributed by atoms with Crippen LogP contribution in [-0.2, 0) is 10.8 Å². The molecule has 0 spiro atoms. The molecular formula is C42H42N2O2. The van der Waals surface area contributed by atoms with Crippen LogP contribution in [0, 0.1) is 13.8 Å². The van der Waals surface area contributed by atoms with Gasteiger partial charge in [0.1, 0.15) is 11.3 Å². The number of nitrogens with zero attached hydrogens (tertiary/aromatic N) is 2. The number of hydrogen-bond donors (Lipinski definition) is 1. The molecule has 0 fully saturated rings. The van der Waals surface area contributed by atoms with Crippen LogP contribution in [0.3, 0.4) is 0 Å². The molecule has 4 heteroatoms. The number of aromatic nitrogens is 1. The van der Waals surface area contributed by atoms with Gasteiger partial charge in [0.2, 0.25) is 5.89 Å². The fourth-order valence-corrected chi connectivity index (χ4v) is 5.84. The highest BCUT2D eigenvalue weighted by Crippen LogP contribution is 2.39. The molecular weight excluding hydrogens is 564 g/mol. The van der Waals surface area contributed by atoms with Gasteiger partial charge in [0, 0.05) is 22.9 Å². The van der Waals surface area contributed by atoms with Crippen LogP contribution in [0.5, 0.6) is 5.75 Å². The van der Waals surface area contributed by atoms with Gasteiger partial charge in [-0.25, -0.2) is 4.98 Å². The summed E-state index contributed by atoms with van der Waals surface area (Å²) in [6.45, 7) is 17.2. The minimum Gasteiger partial charge on any atom is -0.507 e. The smallest absolute Gasteiger partial charge is 0.229 e. The molecule has 0 radical (unpaired) electrons. The van der Waals surface area contributed by atoms with Gasteiger partial charge in [0.25, 0.3) is 0 Å². The molecule has 1 heterocycles. The zero-order chi connectivity index (χ0) is 32.8. The molecule has 0 saturated carbocycles. The second kappa shape index (κ2) is 11.8. The van der Waals surface area contributed by atoms with Crippen LogP contribution in [-0.4, -0.2) is 16.3 Å². The maximum absolute atomic E-state index is 11.3. The van der Waals surface area contributed by atoms with Crippen molar-refractivity contribution in [2.24, 2.45) is 4.99 Å². The predicted molar refractivity (Wildman–Crippen MR) is 193 cm³/mol. The molecule has 46 heavy (non-hydrogen) atoms. The first-order valence-electron chi connectivity index (χ1n) is 15.9. The van der Waals surface area contributed by atoms with Gasteiger partial charge in [-0.05, 0) is 76.8 Å². The second-order valence-corrected chi connectivity index (χ2v) is 14.3. The number of phenolic OH excluding ortho intramolecular Hbond substituents is 1. The van der Waals surface area contributed by atoms with E-state index in [1.807, 2.05) is 42.5 Å². The van der Waals surface area contributed by atoms with Crippen LogP contribution in [0.15, 0.2) is 106 Å². The average Bonchev–Trinajstić information content (AvgIpc) is 3.45. The molecule has 1 aromatic heterocycles. The van der Waals surface area contributed by atoms with E-state index in [2.05, 4.69) is 110 Å². The molecule has 0 bridgehead atoms. The fraction of sp³-hybridized carbons (Fsp3) is 0.238. The Labute approximate surface area is 272 Å². The molecule has 0 aliphatic rings. The van der Waals surface area contributed by atoms with Crippen molar-refractivity contribution in [2.75, 3.05) is 0 Å². The van der Waals surface area contributed by atoms with Crippen molar-refractivity contribution in [1.29, 1.82) is 0 Å². The fourth-order valence-electron chi connectivity index (χ4n) is 5.84. The van der Waals surface area contributed by atoms with Crippen molar-refractivity contribution in [1.82, 2.24) is 4.98 Å². The van der Waals surface area contributed by atoms with E-state index in [0.717, 1.165) is 38.9 Å². The first kappa shape index (κ1) is 31.0. The van der Waals surface area contributed by atoms with E-state index >= 15 is 0 Å². The first-order valence-corrected chi connectivity index (χ1v) is 15.9. The lowest BCUT2D eigenvalue weighted by atomic mass is 9.79. The van der Waals surface area contributed by atoms with Crippen molar-refractivity contribution in [3.63, 3.8) is 0 Å². The third-order valence-electron chi connectivity index (χ3n) is 8.61. The Bertz CT molecular complexity index is 2080. The topological polar surface area (TPSA) is 58.6 Å². The largest absolute Gasteiger partial charge is 0.507 e. The van der Waals surface area contributed by atoms with E-state index < -0.39 is 0 Å². The maximum Gasteiger partial charge on any atom is 0.229 e. The molecule has 0 unspecified atom stereocenters. The van der Waals surface area contributed by atoms with Gasteiger partial charge in [0.05, 0.1) is 11.3 Å². The molecule has 5 aromatic carbocycles.